The van der Waals surface area contributed by atoms with E-state index in [2.05, 4.69) is 0 Å². The summed E-state index contributed by atoms with van der Waals surface area (Å²) in [6, 6.07) is 0. The maximum atomic E-state index is 0. The Balaban J connectivity index is 0. The molecule has 0 aliphatic rings. The van der Waals surface area contributed by atoms with Crippen molar-refractivity contribution in [3.63, 3.8) is 0 Å². The molecule has 0 aromatic rings. The van der Waals surface area contributed by atoms with Gasteiger partial charge in [0.25, 0.3) is 0 Å². The summed E-state index contributed by atoms with van der Waals surface area (Å²) in [6.07, 6.45) is 0. The molecule has 5 N–H and O–H groups in total. The number of hydrogen-bond acceptors (Lipinski definition) is 1. The van der Waals surface area contributed by atoms with E-state index in [9.17, 15) is 0 Å². The van der Waals surface area contributed by atoms with E-state index in [1.165, 1.54) is 0 Å². The van der Waals surface area contributed by atoms with Gasteiger partial charge in [-0.05, 0) is 0 Å². The van der Waals surface area contributed by atoms with Crippen molar-refractivity contribution >= 4 is 37.7 Å². The van der Waals surface area contributed by atoms with Crippen molar-refractivity contribution in [1.82, 2.24) is 6.15 Å². The minimum atomic E-state index is 0. The van der Waals surface area contributed by atoms with Crippen LogP contribution >= 0.6 is 0 Å². The van der Waals surface area contributed by atoms with Crippen molar-refractivity contribution in [3.8, 4) is 0 Å². The van der Waals surface area contributed by atoms with Crippen molar-refractivity contribution in [2.45, 2.75) is 0 Å². The van der Waals surface area contributed by atoms with E-state index in [0.29, 0.717) is 0 Å². The Morgan fingerprint density at radius 3 is 1.00 bits per heavy atom. The smallest absolute Gasteiger partial charge is 0 e. The van der Waals surface area contributed by atoms with Gasteiger partial charge in [0.15, 0.2) is 0 Å². The Morgan fingerprint density at radius 1 is 1.00 bits per heavy atom. The molecule has 0 bridgehead atoms. The maximum absolute atomic E-state index is 0. The van der Waals surface area contributed by atoms with Crippen molar-refractivity contribution in [2.75, 3.05) is 0 Å². The van der Waals surface area contributed by atoms with Crippen LogP contribution in [0.5, 0.6) is 0 Å². The van der Waals surface area contributed by atoms with Crippen LogP contribution in [0.4, 0.5) is 0 Å². The summed E-state index contributed by atoms with van der Waals surface area (Å²) in [5, 5.41) is 0. The van der Waals surface area contributed by atoms with Crippen LogP contribution in [-0.4, -0.2) is 43.2 Å². The Labute approximate surface area is 70.7 Å². The third-order valence-corrected chi connectivity index (χ3v) is 0. The van der Waals surface area contributed by atoms with Gasteiger partial charge in [-0.2, -0.15) is 0 Å². The summed E-state index contributed by atoms with van der Waals surface area (Å²) in [6.45, 7) is 0. The van der Waals surface area contributed by atoms with Gasteiger partial charge in [0.1, 0.15) is 0 Å². The largest absolute Gasteiger partial charge is 0 e. The predicted octanol–water partition coefficient (Wildman–Crippen LogP) is -1.58. The Bertz CT molecular complexity index is 8.00. The van der Waals surface area contributed by atoms with Gasteiger partial charge >= 0.3 is 37.7 Å². The van der Waals surface area contributed by atoms with E-state index in [1.54, 1.807) is 0 Å². The SMILES string of the molecule is N.O.[CaH2].[Nb]. The van der Waals surface area contributed by atoms with E-state index in [1.807, 2.05) is 0 Å². The molecule has 4 heavy (non-hydrogen) atoms. The molecule has 0 spiro atoms. The van der Waals surface area contributed by atoms with Gasteiger partial charge < -0.3 is 11.6 Å². The quantitative estimate of drug-likeness (QED) is 0.438. The number of rotatable bonds is 0. The van der Waals surface area contributed by atoms with Crippen LogP contribution in [-0.2, 0) is 22.4 Å². The van der Waals surface area contributed by atoms with E-state index in [0.717, 1.165) is 0 Å². The van der Waals surface area contributed by atoms with E-state index in [-0.39, 0.29) is 71.7 Å². The molecule has 0 atom stereocenters. The first-order valence-electron chi connectivity index (χ1n) is 0. The van der Waals surface area contributed by atoms with Gasteiger partial charge in [0.2, 0.25) is 0 Å². The third kappa shape index (κ3) is 9.07. The molecular formula is H7CaNNbO. The minimum Gasteiger partial charge on any atom is 0 e. The molecule has 25 valence electrons. The predicted molar refractivity (Wildman–Crippen MR) is 17.2 cm³/mol. The zero-order valence-electron chi connectivity index (χ0n) is 1.65. The van der Waals surface area contributed by atoms with Gasteiger partial charge in [0.05, 0.1) is 0 Å². The van der Waals surface area contributed by atoms with E-state index >= 15 is 0 Å². The molecule has 0 rings (SSSR count). The van der Waals surface area contributed by atoms with Crippen LogP contribution in [0.1, 0.15) is 0 Å². The normalized spacial score (nSPS) is 0. The topological polar surface area (TPSA) is 66.5 Å². The van der Waals surface area contributed by atoms with E-state index in [4.69, 9.17) is 0 Å². The molecule has 0 aliphatic heterocycles. The molecule has 0 aromatic heterocycles. The molecule has 0 fully saturated rings. The third-order valence-electron chi connectivity index (χ3n) is 0. The molecule has 0 unspecified atom stereocenters. The fourth-order valence-electron chi connectivity index (χ4n) is 0. The fourth-order valence-corrected chi connectivity index (χ4v) is 0. The fraction of sp³-hybridized carbons (Fsp3) is 0. The minimum absolute atomic E-state index is 0. The van der Waals surface area contributed by atoms with Crippen molar-refractivity contribution in [2.24, 2.45) is 0 Å². The van der Waals surface area contributed by atoms with Gasteiger partial charge in [-0.3, -0.25) is 0 Å². The van der Waals surface area contributed by atoms with Gasteiger partial charge in [-0.25, -0.2) is 0 Å². The van der Waals surface area contributed by atoms with E-state index < -0.39 is 0 Å². The molecule has 0 amide bonds. The summed E-state index contributed by atoms with van der Waals surface area (Å²) in [4.78, 5) is 0. The van der Waals surface area contributed by atoms with Crippen LogP contribution in [0.25, 0.3) is 0 Å². The average molecular weight is 170 g/mol. The zero-order valence-corrected chi connectivity index (χ0v) is 3.85. The molecule has 0 heterocycles. The zero-order chi connectivity index (χ0) is 0. The van der Waals surface area contributed by atoms with Crippen molar-refractivity contribution in [3.05, 3.63) is 0 Å². The Morgan fingerprint density at radius 2 is 1.00 bits per heavy atom. The monoisotopic (exact) mass is 170 g/mol. The molecule has 0 saturated heterocycles. The molecule has 0 aromatic carbocycles. The summed E-state index contributed by atoms with van der Waals surface area (Å²) < 4.78 is 0. The Hall–Kier alpha value is 1.92. The second-order valence-electron chi connectivity index (χ2n) is 0. The average Bonchev–Trinajstić information content (AvgIpc) is 0. The Kier molecular flexibility index (Phi) is 199. The van der Waals surface area contributed by atoms with Gasteiger partial charge in [-0.1, -0.05) is 0 Å². The molecular weight excluding hydrogens is 163 g/mol. The summed E-state index contributed by atoms with van der Waals surface area (Å²) in [7, 11) is 0. The molecule has 1 radical (unpaired) electrons. The molecule has 2 nitrogen and oxygen atoms in total. The first-order chi connectivity index (χ1) is 0. The molecule has 0 saturated carbocycles. The number of hydrogen-bond donors (Lipinski definition) is 1. The first-order valence-corrected chi connectivity index (χ1v) is 0. The van der Waals surface area contributed by atoms with Crippen LogP contribution in [0, 0.1) is 0 Å². The van der Waals surface area contributed by atoms with Crippen LogP contribution in [0.3, 0.4) is 0 Å². The van der Waals surface area contributed by atoms with Crippen LogP contribution < -0.4 is 6.15 Å². The van der Waals surface area contributed by atoms with Crippen molar-refractivity contribution in [1.29, 1.82) is 0 Å². The van der Waals surface area contributed by atoms with Crippen LogP contribution in [0.15, 0.2) is 0 Å². The molecule has 4 heteroatoms. The maximum Gasteiger partial charge on any atom is 0 e. The standard InChI is InChI=1S/Ca.H3N.Nb.H2O.2H/h;1H3;;1H2;;. The second kappa shape index (κ2) is 20.5. The summed E-state index contributed by atoms with van der Waals surface area (Å²) >= 11 is 0. The van der Waals surface area contributed by atoms with Crippen molar-refractivity contribution < 1.29 is 27.9 Å². The summed E-state index contributed by atoms with van der Waals surface area (Å²) in [5.74, 6) is 0. The van der Waals surface area contributed by atoms with Gasteiger partial charge in [0, 0.05) is 22.4 Å². The second-order valence-corrected chi connectivity index (χ2v) is 0. The van der Waals surface area contributed by atoms with Gasteiger partial charge in [-0.15, -0.1) is 0 Å². The molecule has 0 aliphatic carbocycles. The van der Waals surface area contributed by atoms with Crippen LogP contribution in [0.2, 0.25) is 0 Å². The first kappa shape index (κ1) is 38.9. The summed E-state index contributed by atoms with van der Waals surface area (Å²) in [5.41, 5.74) is 0.